The van der Waals surface area contributed by atoms with E-state index < -0.39 is 33.7 Å². The van der Waals surface area contributed by atoms with Crippen LogP contribution in [-0.2, 0) is 26.2 Å². The molecule has 1 fully saturated rings. The van der Waals surface area contributed by atoms with E-state index in [9.17, 15) is 18.0 Å². The number of aryl methyl sites for hydroxylation is 2. The molecule has 3 aromatic rings. The summed E-state index contributed by atoms with van der Waals surface area (Å²) in [7, 11) is -2.54. The Bertz CT molecular complexity index is 1690. The molecule has 1 aliphatic heterocycles. The van der Waals surface area contributed by atoms with E-state index in [1.54, 1.807) is 33.9 Å². The first-order valence-electron chi connectivity index (χ1n) is 14.8. The second kappa shape index (κ2) is 14.1. The molecular weight excluding hydrogens is 639 g/mol. The summed E-state index contributed by atoms with van der Waals surface area (Å²) in [4.78, 5) is 31.2. The lowest BCUT2D eigenvalue weighted by molar-refractivity contribution is -0.124. The summed E-state index contributed by atoms with van der Waals surface area (Å²) in [5.74, 6) is 0.118. The molecule has 0 saturated carbocycles. The van der Waals surface area contributed by atoms with Gasteiger partial charge in [0.15, 0.2) is 0 Å². The lowest BCUT2D eigenvalue weighted by atomic mass is 10.1. The Kier molecular flexibility index (Phi) is 10.9. The number of pyridine rings is 1. The van der Waals surface area contributed by atoms with Crippen molar-refractivity contribution in [3.63, 3.8) is 0 Å². The molecule has 0 spiro atoms. The monoisotopic (exact) mass is 678 g/mol. The zero-order valence-electron chi connectivity index (χ0n) is 26.4. The second-order valence-electron chi connectivity index (χ2n) is 12.2. The standard InChI is InChI=1S/C32H40Cl2N4O6S/c1-20-18-21(2)36-29-22(20)10-7-12-26(29)43-19-23-24(33)13-14-27(28(23)34)45(41,42)38-17-8-11-25(38)30(39)35-15-9-16-37(6)31(40)44-32(3,4)5/h7,10,12-14,18,25H,8-9,11,15-17,19H2,1-6H3,(H,35,39)/t25-/m0/s1. The molecule has 45 heavy (non-hydrogen) atoms. The van der Waals surface area contributed by atoms with Crippen molar-refractivity contribution in [1.82, 2.24) is 19.5 Å². The van der Waals surface area contributed by atoms with Crippen molar-refractivity contribution in [2.24, 2.45) is 0 Å². The third-order valence-electron chi connectivity index (χ3n) is 7.43. The quantitative estimate of drug-likeness (QED) is 0.251. The van der Waals surface area contributed by atoms with Crippen LogP contribution in [0.4, 0.5) is 4.79 Å². The highest BCUT2D eigenvalue weighted by atomic mass is 35.5. The van der Waals surface area contributed by atoms with E-state index in [0.717, 1.165) is 16.6 Å². The number of hydrogen-bond acceptors (Lipinski definition) is 7. The molecule has 0 bridgehead atoms. The van der Waals surface area contributed by atoms with Crippen LogP contribution in [0.25, 0.3) is 10.9 Å². The van der Waals surface area contributed by atoms with Gasteiger partial charge in [-0.05, 0) is 83.7 Å². The van der Waals surface area contributed by atoms with Gasteiger partial charge in [-0.3, -0.25) is 4.79 Å². The van der Waals surface area contributed by atoms with Crippen LogP contribution in [0.15, 0.2) is 41.3 Å². The third kappa shape index (κ3) is 8.19. The smallest absolute Gasteiger partial charge is 0.410 e. The Balaban J connectivity index is 1.45. The fourth-order valence-electron chi connectivity index (χ4n) is 5.22. The molecule has 0 unspecified atom stereocenters. The van der Waals surface area contributed by atoms with Crippen LogP contribution in [-0.4, -0.2) is 72.9 Å². The molecule has 2 heterocycles. The molecule has 1 aliphatic rings. The fraction of sp³-hybridized carbons (Fsp3) is 0.469. The number of ether oxygens (including phenoxy) is 2. The van der Waals surface area contributed by atoms with Gasteiger partial charge >= 0.3 is 6.09 Å². The Labute approximate surface area is 275 Å². The van der Waals surface area contributed by atoms with Gasteiger partial charge in [0.05, 0.1) is 5.02 Å². The van der Waals surface area contributed by atoms with E-state index in [0.29, 0.717) is 42.6 Å². The molecule has 4 rings (SSSR count). The van der Waals surface area contributed by atoms with Crippen molar-refractivity contribution in [2.75, 3.05) is 26.7 Å². The average Bonchev–Trinajstić information content (AvgIpc) is 3.45. The van der Waals surface area contributed by atoms with E-state index in [1.807, 2.05) is 32.0 Å². The number of nitrogens with one attached hydrogen (secondary N) is 1. The summed E-state index contributed by atoms with van der Waals surface area (Å²) in [5, 5.41) is 3.96. The summed E-state index contributed by atoms with van der Waals surface area (Å²) >= 11 is 13.2. The number of amides is 2. The molecule has 244 valence electrons. The minimum atomic E-state index is -4.16. The van der Waals surface area contributed by atoms with Crippen molar-refractivity contribution in [3.05, 3.63) is 63.3 Å². The number of carbonyl (C=O) groups is 2. The Morgan fingerprint density at radius 1 is 1.16 bits per heavy atom. The second-order valence-corrected chi connectivity index (χ2v) is 14.8. The van der Waals surface area contributed by atoms with Gasteiger partial charge in [-0.1, -0.05) is 35.3 Å². The number of carbonyl (C=O) groups excluding carboxylic acids is 2. The third-order valence-corrected chi connectivity index (χ3v) is 10.3. The maximum absolute atomic E-state index is 13.9. The van der Waals surface area contributed by atoms with E-state index in [-0.39, 0.29) is 34.6 Å². The normalized spacial score (nSPS) is 15.7. The predicted molar refractivity (Wildman–Crippen MR) is 175 cm³/mol. The fourth-order valence-corrected chi connectivity index (χ4v) is 7.74. The van der Waals surface area contributed by atoms with E-state index in [2.05, 4.69) is 10.3 Å². The summed E-state index contributed by atoms with van der Waals surface area (Å²) in [6.07, 6.45) is 0.910. The Hall–Kier alpha value is -3.12. The molecule has 0 aliphatic carbocycles. The Morgan fingerprint density at radius 3 is 2.60 bits per heavy atom. The molecule has 1 aromatic heterocycles. The van der Waals surface area contributed by atoms with E-state index >= 15 is 0 Å². The average molecular weight is 680 g/mol. The lowest BCUT2D eigenvalue weighted by Gasteiger charge is -2.25. The zero-order valence-corrected chi connectivity index (χ0v) is 28.8. The van der Waals surface area contributed by atoms with Gasteiger partial charge in [0.2, 0.25) is 15.9 Å². The maximum atomic E-state index is 13.9. The van der Waals surface area contributed by atoms with Gasteiger partial charge in [-0.15, -0.1) is 0 Å². The summed E-state index contributed by atoms with van der Waals surface area (Å²) in [6, 6.07) is 9.55. The summed E-state index contributed by atoms with van der Waals surface area (Å²) in [6.45, 7) is 9.99. The molecule has 1 N–H and O–H groups in total. The number of hydrogen-bond donors (Lipinski definition) is 1. The molecule has 13 heteroatoms. The highest BCUT2D eigenvalue weighted by Gasteiger charge is 2.40. The number of sulfonamides is 1. The van der Waals surface area contributed by atoms with Crippen LogP contribution >= 0.6 is 23.2 Å². The number of rotatable bonds is 10. The largest absolute Gasteiger partial charge is 0.487 e. The van der Waals surface area contributed by atoms with Crippen LogP contribution in [0.1, 0.15) is 56.9 Å². The first kappa shape index (κ1) is 34.7. The van der Waals surface area contributed by atoms with Crippen LogP contribution in [0.5, 0.6) is 5.75 Å². The Morgan fingerprint density at radius 2 is 1.89 bits per heavy atom. The van der Waals surface area contributed by atoms with Crippen molar-refractivity contribution >= 4 is 56.1 Å². The van der Waals surface area contributed by atoms with Crippen molar-refractivity contribution < 1.29 is 27.5 Å². The minimum absolute atomic E-state index is 0.0562. The van der Waals surface area contributed by atoms with Gasteiger partial charge in [-0.25, -0.2) is 18.2 Å². The maximum Gasteiger partial charge on any atom is 0.410 e. The molecule has 2 aromatic carbocycles. The van der Waals surface area contributed by atoms with Crippen LogP contribution in [0.2, 0.25) is 10.0 Å². The van der Waals surface area contributed by atoms with Crippen molar-refractivity contribution in [3.8, 4) is 5.75 Å². The first-order chi connectivity index (χ1) is 21.1. The first-order valence-corrected chi connectivity index (χ1v) is 17.0. The van der Waals surface area contributed by atoms with Gasteiger partial charge in [-0.2, -0.15) is 4.31 Å². The summed E-state index contributed by atoms with van der Waals surface area (Å²) in [5.41, 5.74) is 2.30. The number of benzene rings is 2. The molecule has 1 saturated heterocycles. The van der Waals surface area contributed by atoms with E-state index in [4.69, 9.17) is 32.7 Å². The minimum Gasteiger partial charge on any atom is -0.487 e. The molecule has 2 amide bonds. The van der Waals surface area contributed by atoms with Gasteiger partial charge in [0.1, 0.15) is 34.4 Å². The molecule has 10 nitrogen and oxygen atoms in total. The van der Waals surface area contributed by atoms with Crippen LogP contribution < -0.4 is 10.1 Å². The lowest BCUT2D eigenvalue weighted by Crippen LogP contribution is -2.46. The van der Waals surface area contributed by atoms with Crippen molar-refractivity contribution in [1.29, 1.82) is 0 Å². The number of nitrogens with zero attached hydrogens (tertiary/aromatic N) is 3. The van der Waals surface area contributed by atoms with Gasteiger partial charge < -0.3 is 19.7 Å². The summed E-state index contributed by atoms with van der Waals surface area (Å²) < 4.78 is 40.4. The van der Waals surface area contributed by atoms with Crippen LogP contribution in [0.3, 0.4) is 0 Å². The molecular formula is C32H40Cl2N4O6S. The van der Waals surface area contributed by atoms with Crippen LogP contribution in [0, 0.1) is 13.8 Å². The number of aromatic nitrogens is 1. The number of para-hydroxylation sites is 1. The highest BCUT2D eigenvalue weighted by Crippen LogP contribution is 2.36. The van der Waals surface area contributed by atoms with Crippen molar-refractivity contribution in [2.45, 2.75) is 77.0 Å². The highest BCUT2D eigenvalue weighted by molar-refractivity contribution is 7.89. The van der Waals surface area contributed by atoms with Gasteiger partial charge in [0.25, 0.3) is 0 Å². The topological polar surface area (TPSA) is 118 Å². The number of halogens is 2. The predicted octanol–water partition coefficient (Wildman–Crippen LogP) is 6.26. The number of fused-ring (bicyclic) bond motifs is 1. The zero-order chi connectivity index (χ0) is 33.1. The van der Waals surface area contributed by atoms with Gasteiger partial charge in [0, 0.05) is 48.3 Å². The molecule has 1 atom stereocenters. The SMILES string of the molecule is Cc1cc(C)c2cccc(OCc3c(Cl)ccc(S(=O)(=O)N4CCC[C@H]4C(=O)NCCCN(C)C(=O)OC(C)(C)C)c3Cl)c2n1. The van der Waals surface area contributed by atoms with E-state index in [1.165, 1.54) is 21.3 Å². The molecule has 0 radical (unpaired) electrons.